The highest BCUT2D eigenvalue weighted by Gasteiger charge is 2.16. The van der Waals surface area contributed by atoms with Crippen LogP contribution in [0.5, 0.6) is 0 Å². The van der Waals surface area contributed by atoms with Crippen LogP contribution in [-0.4, -0.2) is 15.9 Å². The van der Waals surface area contributed by atoms with Gasteiger partial charge in [0.05, 0.1) is 11.2 Å². The zero-order valence-corrected chi connectivity index (χ0v) is 13.4. The summed E-state index contributed by atoms with van der Waals surface area (Å²) in [6.45, 7) is 0. The van der Waals surface area contributed by atoms with Crippen LogP contribution in [0.3, 0.4) is 0 Å². The number of carbonyl (C=O) groups excluding carboxylic acids is 1. The van der Waals surface area contributed by atoms with E-state index in [1.807, 2.05) is 78.9 Å². The van der Waals surface area contributed by atoms with Gasteiger partial charge < -0.3 is 5.73 Å². The van der Waals surface area contributed by atoms with Gasteiger partial charge in [-0.15, -0.1) is 0 Å². The quantitative estimate of drug-likeness (QED) is 0.617. The van der Waals surface area contributed by atoms with Gasteiger partial charge in [-0.05, 0) is 17.2 Å². The molecule has 1 amide bonds. The average molecular weight is 325 g/mol. The van der Waals surface area contributed by atoms with E-state index in [9.17, 15) is 4.79 Å². The van der Waals surface area contributed by atoms with Gasteiger partial charge in [-0.3, -0.25) is 4.79 Å². The Bertz CT molecular complexity index is 1060. The predicted molar refractivity (Wildman–Crippen MR) is 98.9 cm³/mol. The van der Waals surface area contributed by atoms with E-state index in [4.69, 9.17) is 5.73 Å². The number of nitrogens with two attached hydrogens (primary N) is 1. The zero-order valence-electron chi connectivity index (χ0n) is 13.4. The topological polar surface area (TPSA) is 68.9 Å². The molecule has 0 saturated carbocycles. The number of nitrogens with zero attached hydrogens (tertiary/aromatic N) is 2. The molecular formula is C21H15N3O. The summed E-state index contributed by atoms with van der Waals surface area (Å²) >= 11 is 0. The smallest absolute Gasteiger partial charge is 0.286 e. The zero-order chi connectivity index (χ0) is 17.2. The fourth-order valence-electron chi connectivity index (χ4n) is 2.96. The average Bonchev–Trinajstić information content (AvgIpc) is 2.68. The van der Waals surface area contributed by atoms with Gasteiger partial charge in [0, 0.05) is 10.9 Å². The monoisotopic (exact) mass is 325 g/mol. The predicted octanol–water partition coefficient (Wildman–Crippen LogP) is 4.06. The molecule has 0 spiro atoms. The molecule has 0 radical (unpaired) electrons. The largest absolute Gasteiger partial charge is 0.363 e. The van der Waals surface area contributed by atoms with Gasteiger partial charge in [0.1, 0.15) is 0 Å². The van der Waals surface area contributed by atoms with Crippen LogP contribution >= 0.6 is 0 Å². The number of fused-ring (bicyclic) bond motifs is 1. The summed E-state index contributed by atoms with van der Waals surface area (Å²) in [6, 6.07) is 25.7. The van der Waals surface area contributed by atoms with E-state index >= 15 is 0 Å². The van der Waals surface area contributed by atoms with Crippen LogP contribution in [0.15, 0.2) is 78.9 Å². The number of hydrogen-bond donors (Lipinski definition) is 1. The first-order valence-electron chi connectivity index (χ1n) is 7.95. The fraction of sp³-hybridized carbons (Fsp3) is 0. The number of hydrogen-bond acceptors (Lipinski definition) is 3. The molecule has 25 heavy (non-hydrogen) atoms. The number of aromatic nitrogens is 2. The molecule has 4 rings (SSSR count). The van der Waals surface area contributed by atoms with Crippen molar-refractivity contribution >= 4 is 16.8 Å². The molecular weight excluding hydrogens is 310 g/mol. The van der Waals surface area contributed by atoms with E-state index < -0.39 is 5.91 Å². The Morgan fingerprint density at radius 2 is 1.36 bits per heavy atom. The molecule has 0 aliphatic carbocycles. The standard InChI is InChI=1S/C21H15N3O/c22-20(25)21-23-17-13-7-12-16(14-8-3-1-4-9-14)18(17)19(24-21)15-10-5-2-6-11-15/h1-13H,(H2,22,25). The molecule has 1 heterocycles. The lowest BCUT2D eigenvalue weighted by molar-refractivity contribution is 0.0991. The van der Waals surface area contributed by atoms with Crippen molar-refractivity contribution in [2.45, 2.75) is 0 Å². The number of carbonyl (C=O) groups is 1. The van der Waals surface area contributed by atoms with E-state index in [0.717, 1.165) is 22.1 Å². The van der Waals surface area contributed by atoms with E-state index in [2.05, 4.69) is 9.97 Å². The second-order valence-electron chi connectivity index (χ2n) is 5.69. The minimum atomic E-state index is -0.635. The first kappa shape index (κ1) is 15.0. The molecule has 4 aromatic rings. The lowest BCUT2D eigenvalue weighted by Gasteiger charge is -2.12. The van der Waals surface area contributed by atoms with Crippen LogP contribution in [0.2, 0.25) is 0 Å². The Labute approximate surface area is 145 Å². The van der Waals surface area contributed by atoms with Crippen molar-refractivity contribution in [3.8, 4) is 22.4 Å². The van der Waals surface area contributed by atoms with E-state index in [0.29, 0.717) is 11.2 Å². The van der Waals surface area contributed by atoms with Crippen molar-refractivity contribution in [3.63, 3.8) is 0 Å². The van der Waals surface area contributed by atoms with Gasteiger partial charge in [0.25, 0.3) is 5.91 Å². The van der Waals surface area contributed by atoms with Crippen molar-refractivity contribution in [1.82, 2.24) is 9.97 Å². The van der Waals surface area contributed by atoms with Gasteiger partial charge in [0.2, 0.25) is 5.82 Å². The molecule has 1 aromatic heterocycles. The normalized spacial score (nSPS) is 10.7. The summed E-state index contributed by atoms with van der Waals surface area (Å²) in [6.07, 6.45) is 0. The lowest BCUT2D eigenvalue weighted by atomic mass is 9.97. The Morgan fingerprint density at radius 3 is 2.00 bits per heavy atom. The molecule has 120 valence electrons. The van der Waals surface area contributed by atoms with Crippen LogP contribution in [0, 0.1) is 0 Å². The summed E-state index contributed by atoms with van der Waals surface area (Å²) in [5, 5.41) is 0.907. The van der Waals surface area contributed by atoms with Crippen molar-refractivity contribution in [1.29, 1.82) is 0 Å². The number of benzene rings is 3. The van der Waals surface area contributed by atoms with Crippen molar-refractivity contribution < 1.29 is 4.79 Å². The van der Waals surface area contributed by atoms with Gasteiger partial charge in [-0.1, -0.05) is 72.8 Å². The summed E-state index contributed by atoms with van der Waals surface area (Å²) in [7, 11) is 0. The Hall–Kier alpha value is -3.53. The van der Waals surface area contributed by atoms with Crippen LogP contribution in [-0.2, 0) is 0 Å². The highest BCUT2D eigenvalue weighted by atomic mass is 16.1. The highest BCUT2D eigenvalue weighted by molar-refractivity contribution is 6.05. The van der Waals surface area contributed by atoms with Crippen molar-refractivity contribution in [3.05, 3.63) is 84.7 Å². The molecule has 4 nitrogen and oxygen atoms in total. The lowest BCUT2D eigenvalue weighted by Crippen LogP contribution is -2.16. The second kappa shape index (κ2) is 6.17. The third-order valence-corrected chi connectivity index (χ3v) is 4.08. The van der Waals surface area contributed by atoms with Crippen LogP contribution in [0.25, 0.3) is 33.3 Å². The Morgan fingerprint density at radius 1 is 0.720 bits per heavy atom. The first-order valence-corrected chi connectivity index (χ1v) is 7.95. The van der Waals surface area contributed by atoms with Crippen LogP contribution < -0.4 is 5.73 Å². The SMILES string of the molecule is NC(=O)c1nc(-c2ccccc2)c2c(-c3ccccc3)cccc2n1. The maximum atomic E-state index is 11.7. The van der Waals surface area contributed by atoms with Crippen LogP contribution in [0.1, 0.15) is 10.6 Å². The summed E-state index contributed by atoms with van der Waals surface area (Å²) in [5.41, 5.74) is 9.85. The second-order valence-corrected chi connectivity index (χ2v) is 5.69. The van der Waals surface area contributed by atoms with Gasteiger partial charge in [0.15, 0.2) is 0 Å². The maximum absolute atomic E-state index is 11.7. The molecule has 0 saturated heterocycles. The Kier molecular flexibility index (Phi) is 3.71. The van der Waals surface area contributed by atoms with Gasteiger partial charge in [-0.25, -0.2) is 9.97 Å². The molecule has 0 aliphatic heterocycles. The highest BCUT2D eigenvalue weighted by Crippen LogP contribution is 2.34. The molecule has 2 N–H and O–H groups in total. The minimum Gasteiger partial charge on any atom is -0.363 e. The fourth-order valence-corrected chi connectivity index (χ4v) is 2.96. The maximum Gasteiger partial charge on any atom is 0.286 e. The third-order valence-electron chi connectivity index (χ3n) is 4.08. The molecule has 0 unspecified atom stereocenters. The number of primary amides is 1. The summed E-state index contributed by atoms with van der Waals surface area (Å²) in [4.78, 5) is 20.5. The van der Waals surface area contributed by atoms with E-state index in [1.54, 1.807) is 0 Å². The minimum absolute atomic E-state index is 0.0246. The van der Waals surface area contributed by atoms with E-state index in [1.165, 1.54) is 0 Å². The molecule has 4 heteroatoms. The summed E-state index contributed by atoms with van der Waals surface area (Å²) < 4.78 is 0. The molecule has 0 aliphatic rings. The molecule has 0 bridgehead atoms. The third kappa shape index (κ3) is 2.74. The summed E-state index contributed by atoms with van der Waals surface area (Å²) in [5.74, 6) is -0.610. The van der Waals surface area contributed by atoms with Gasteiger partial charge in [-0.2, -0.15) is 0 Å². The molecule has 0 fully saturated rings. The van der Waals surface area contributed by atoms with Gasteiger partial charge >= 0.3 is 0 Å². The van der Waals surface area contributed by atoms with Crippen LogP contribution in [0.4, 0.5) is 0 Å². The first-order chi connectivity index (χ1) is 12.2. The number of amides is 1. The molecule has 0 atom stereocenters. The Balaban J connectivity index is 2.11. The molecule has 3 aromatic carbocycles. The number of rotatable bonds is 3. The van der Waals surface area contributed by atoms with E-state index in [-0.39, 0.29) is 5.82 Å². The van der Waals surface area contributed by atoms with Crippen molar-refractivity contribution in [2.75, 3.05) is 0 Å². The van der Waals surface area contributed by atoms with Crippen molar-refractivity contribution in [2.24, 2.45) is 5.73 Å².